The Hall–Kier alpha value is 0.255. The maximum atomic E-state index is 10.9. The number of hydrogen-bond donors (Lipinski definition) is 1. The zero-order valence-electron chi connectivity index (χ0n) is 13.2. The van der Waals surface area contributed by atoms with Crippen LogP contribution in [0.15, 0.2) is 36.7 Å². The van der Waals surface area contributed by atoms with Crippen LogP contribution in [0.5, 0.6) is 0 Å². The van der Waals surface area contributed by atoms with Crippen molar-refractivity contribution in [3.63, 3.8) is 0 Å². The smallest absolute Gasteiger partial charge is 1.00 e. The van der Waals surface area contributed by atoms with Crippen LogP contribution < -0.4 is 29.6 Å². The van der Waals surface area contributed by atoms with E-state index < -0.39 is 5.97 Å². The fourth-order valence-electron chi connectivity index (χ4n) is 1.16. The second kappa shape index (κ2) is 13.7. The van der Waals surface area contributed by atoms with Crippen molar-refractivity contribution >= 4 is 59.6 Å². The maximum absolute atomic E-state index is 10.9. The van der Waals surface area contributed by atoms with Crippen LogP contribution in [0.2, 0.25) is 0 Å². The number of carbonyl (C=O) groups excluding carboxylic acids is 1. The minimum atomic E-state index is -0.400. The summed E-state index contributed by atoms with van der Waals surface area (Å²) in [6, 6.07) is 7.22. The molecule has 0 aliphatic heterocycles. The van der Waals surface area contributed by atoms with Gasteiger partial charge in [0.2, 0.25) is 0 Å². The number of nitrogens with zero attached hydrogens (tertiary/aromatic N) is 2. The second-order valence-corrected chi connectivity index (χ2v) is 5.97. The molecule has 0 aromatic carbocycles. The summed E-state index contributed by atoms with van der Waals surface area (Å²) in [6.45, 7) is 0.0246. The van der Waals surface area contributed by atoms with Gasteiger partial charge in [0.05, 0.1) is 19.4 Å². The molecule has 0 fully saturated rings. The molecule has 0 bridgehead atoms. The first-order valence-corrected chi connectivity index (χ1v) is 7.63. The van der Waals surface area contributed by atoms with E-state index >= 15 is 0 Å². The first-order valence-electron chi connectivity index (χ1n) is 5.48. The van der Waals surface area contributed by atoms with E-state index in [1.807, 2.05) is 18.2 Å². The van der Waals surface area contributed by atoms with E-state index in [0.717, 1.165) is 12.8 Å². The topological polar surface area (TPSA) is 72.3 Å². The van der Waals surface area contributed by atoms with E-state index in [-0.39, 0.29) is 46.0 Å². The maximum Gasteiger partial charge on any atom is 1.00 e. The molecule has 0 spiro atoms. The fraction of sp³-hybridized carbons (Fsp3) is 0.154. The van der Waals surface area contributed by atoms with Crippen LogP contribution in [-0.2, 0) is 11.3 Å². The third-order valence-corrected chi connectivity index (χ3v) is 3.40. The Morgan fingerprint density at radius 1 is 1.23 bits per heavy atom. The molecule has 0 atom stereocenters. The number of pyridine rings is 2. The summed E-state index contributed by atoms with van der Waals surface area (Å²) < 4.78 is 6.56. The molecule has 1 N–H and O–H groups in total. The molecule has 2 aromatic rings. The molecule has 0 aliphatic carbocycles. The standard InChI is InChI=1S/C7H6INO2.C6H6INO.B.Na.H/c1-11-7(10)6-4-5(8)2-3-9-6;7-5-1-2-8-6(3-5)4-9;;;/h2-4H,1H3;1-3,9H,4H2;;;/q;;;+1;-1. The Morgan fingerprint density at radius 3 is 2.18 bits per heavy atom. The SMILES string of the molecule is COC(=O)c1cc(I)ccn1.OCc1cc(I)ccn1.[B].[H-].[Na+]. The normalized spacial score (nSPS) is 8.55. The van der Waals surface area contributed by atoms with Gasteiger partial charge < -0.3 is 11.3 Å². The summed E-state index contributed by atoms with van der Waals surface area (Å²) in [7, 11) is 1.34. The molecule has 9 heteroatoms. The number of aliphatic hydroxyl groups is 1. The predicted molar refractivity (Wildman–Crippen MR) is 98.0 cm³/mol. The monoisotopic (exact) mass is 533 g/mol. The molecular weight excluding hydrogens is 520 g/mol. The van der Waals surface area contributed by atoms with Crippen LogP contribution in [0.1, 0.15) is 17.6 Å². The third-order valence-electron chi connectivity index (χ3n) is 2.06. The average molecular weight is 533 g/mol. The van der Waals surface area contributed by atoms with Crippen LogP contribution in [0, 0.1) is 7.14 Å². The van der Waals surface area contributed by atoms with Gasteiger partial charge in [0.1, 0.15) is 5.69 Å². The van der Waals surface area contributed by atoms with Gasteiger partial charge in [0.15, 0.2) is 0 Å². The van der Waals surface area contributed by atoms with Crippen LogP contribution in [-0.4, -0.2) is 36.6 Å². The van der Waals surface area contributed by atoms with Gasteiger partial charge in [0.25, 0.3) is 0 Å². The van der Waals surface area contributed by atoms with Crippen LogP contribution in [0.4, 0.5) is 0 Å². The number of ether oxygens (including phenoxy) is 1. The summed E-state index contributed by atoms with van der Waals surface area (Å²) in [5, 5.41) is 8.60. The van der Waals surface area contributed by atoms with Crippen LogP contribution >= 0.6 is 45.2 Å². The summed E-state index contributed by atoms with van der Waals surface area (Å²) in [5.41, 5.74) is 1.07. The number of methoxy groups -OCH3 is 1. The van der Waals surface area contributed by atoms with Crippen molar-refractivity contribution in [3.8, 4) is 0 Å². The van der Waals surface area contributed by atoms with Crippen LogP contribution in [0.3, 0.4) is 0 Å². The molecule has 111 valence electrons. The molecule has 0 unspecified atom stereocenters. The Morgan fingerprint density at radius 2 is 1.77 bits per heavy atom. The zero-order valence-corrected chi connectivity index (χ0v) is 18.5. The molecule has 0 amide bonds. The summed E-state index contributed by atoms with van der Waals surface area (Å²) >= 11 is 4.28. The predicted octanol–water partition coefficient (Wildman–Crippen LogP) is -0.613. The number of carbonyl (C=O) groups is 1. The van der Waals surface area contributed by atoms with Crippen molar-refractivity contribution in [2.75, 3.05) is 7.11 Å². The Labute approximate surface area is 182 Å². The Balaban J connectivity index is -0.000000312. The van der Waals surface area contributed by atoms with Crippen molar-refractivity contribution < 1.29 is 45.6 Å². The van der Waals surface area contributed by atoms with Crippen LogP contribution in [0.25, 0.3) is 0 Å². The van der Waals surface area contributed by atoms with Gasteiger partial charge in [0, 0.05) is 27.9 Å². The molecule has 2 heterocycles. The minimum absolute atomic E-state index is 0. The number of halogens is 2. The summed E-state index contributed by atoms with van der Waals surface area (Å²) in [4.78, 5) is 18.6. The van der Waals surface area contributed by atoms with Crippen molar-refractivity contribution in [2.24, 2.45) is 0 Å². The number of hydrogen-bond acceptors (Lipinski definition) is 5. The van der Waals surface area contributed by atoms with Gasteiger partial charge in [-0.25, -0.2) is 9.78 Å². The molecular formula is C13H13BI2N2NaO3. The molecule has 2 rings (SSSR count). The first-order chi connectivity index (χ1) is 9.56. The molecule has 2 aromatic heterocycles. The number of aliphatic hydroxyl groups excluding tert-OH is 1. The molecule has 22 heavy (non-hydrogen) atoms. The summed E-state index contributed by atoms with van der Waals surface area (Å²) in [5.74, 6) is -0.400. The molecule has 3 radical (unpaired) electrons. The van der Waals surface area contributed by atoms with Crippen molar-refractivity contribution in [1.29, 1.82) is 0 Å². The number of esters is 1. The van der Waals surface area contributed by atoms with Gasteiger partial charge in [-0.3, -0.25) is 4.98 Å². The number of aromatic nitrogens is 2. The van der Waals surface area contributed by atoms with E-state index in [4.69, 9.17) is 5.11 Å². The molecule has 0 saturated heterocycles. The van der Waals surface area contributed by atoms with Crippen molar-refractivity contribution in [2.45, 2.75) is 6.61 Å². The van der Waals surface area contributed by atoms with Gasteiger partial charge in [-0.15, -0.1) is 0 Å². The summed E-state index contributed by atoms with van der Waals surface area (Å²) in [6.07, 6.45) is 3.27. The van der Waals surface area contributed by atoms with Gasteiger partial charge >= 0.3 is 35.5 Å². The second-order valence-electron chi connectivity index (χ2n) is 3.47. The largest absolute Gasteiger partial charge is 1.00 e. The molecule has 0 saturated carbocycles. The first kappa shape index (κ1) is 24.5. The zero-order chi connectivity index (χ0) is 15.0. The van der Waals surface area contributed by atoms with E-state index in [9.17, 15) is 4.79 Å². The fourth-order valence-corrected chi connectivity index (χ4v) is 2.13. The van der Waals surface area contributed by atoms with E-state index in [0.29, 0.717) is 5.69 Å². The van der Waals surface area contributed by atoms with E-state index in [1.165, 1.54) is 7.11 Å². The van der Waals surface area contributed by atoms with Gasteiger partial charge in [-0.05, 0) is 69.4 Å². The third kappa shape index (κ3) is 9.41. The molecule has 5 nitrogen and oxygen atoms in total. The quantitative estimate of drug-likeness (QED) is 0.317. The van der Waals surface area contributed by atoms with Crippen molar-refractivity contribution in [1.82, 2.24) is 9.97 Å². The van der Waals surface area contributed by atoms with E-state index in [1.54, 1.807) is 18.5 Å². The van der Waals surface area contributed by atoms with Gasteiger partial charge in [-0.1, -0.05) is 0 Å². The van der Waals surface area contributed by atoms with E-state index in [2.05, 4.69) is 59.9 Å². The molecule has 0 aliphatic rings. The number of rotatable bonds is 2. The van der Waals surface area contributed by atoms with Crippen molar-refractivity contribution in [3.05, 3.63) is 55.2 Å². The van der Waals surface area contributed by atoms with Gasteiger partial charge in [-0.2, -0.15) is 0 Å². The average Bonchev–Trinajstić information content (AvgIpc) is 2.47. The minimum Gasteiger partial charge on any atom is -1.00 e. The Kier molecular flexibility index (Phi) is 15.2. The Bertz CT molecular complexity index is 597.